The summed E-state index contributed by atoms with van der Waals surface area (Å²) >= 11 is 0. The van der Waals surface area contributed by atoms with Gasteiger partial charge in [0, 0.05) is 6.54 Å². The van der Waals surface area contributed by atoms with E-state index in [0.717, 1.165) is 0 Å². The first-order chi connectivity index (χ1) is 28.0. The van der Waals surface area contributed by atoms with Gasteiger partial charge in [0.1, 0.15) is 67.0 Å². The van der Waals surface area contributed by atoms with Crippen molar-refractivity contribution in [2.24, 2.45) is 0 Å². The van der Waals surface area contributed by atoms with Crippen LogP contribution in [0.25, 0.3) is 0 Å². The SMILES string of the molecule is O=C(O)[C@H]1O[C@@H](O[C@H]2[C@H](O)[C@@H](NS(=O)(=O)O)[C@@H](OCCNS(=O)(=O)O)O[C@@H]2COS(=O)(=O)O)[C@H](O)[C@@H](O)[C@@H]1O[C@H]1O[C@H](COS(=O)(=O)O)[C@@H](O)[C@H](OS(=O)(=O)O)[C@H]1NS(=O)(=O)O. The van der Waals surface area contributed by atoms with Gasteiger partial charge in [-0.1, -0.05) is 0 Å². The molecule has 3 rings (SSSR count). The molecule has 15 atom stereocenters. The number of aliphatic hydroxyl groups is 4. The molecule has 0 unspecified atom stereocenters. The van der Waals surface area contributed by atoms with Gasteiger partial charge in [-0.2, -0.15) is 64.7 Å². The Hall–Kier alpha value is -1.71. The number of nitrogens with one attached hydrogen (secondary N) is 3. The Bertz CT molecular complexity index is 2220. The summed E-state index contributed by atoms with van der Waals surface area (Å²) in [7, 11) is -32.5. The van der Waals surface area contributed by atoms with Crippen LogP contribution in [0, 0.1) is 0 Å². The normalized spacial score (nSPS) is 35.7. The van der Waals surface area contributed by atoms with Crippen LogP contribution in [0.5, 0.6) is 0 Å². The zero-order valence-electron chi connectivity index (χ0n) is 29.8. The van der Waals surface area contributed by atoms with Gasteiger partial charge in [0.2, 0.25) is 0 Å². The Balaban J connectivity index is 2.02. The lowest BCUT2D eigenvalue weighted by Crippen LogP contribution is -2.70. The Labute approximate surface area is 348 Å². The summed E-state index contributed by atoms with van der Waals surface area (Å²) in [5.41, 5.74) is 0. The van der Waals surface area contributed by atoms with Crippen LogP contribution in [-0.4, -0.2) is 228 Å². The molecule has 3 aliphatic rings. The van der Waals surface area contributed by atoms with Gasteiger partial charge >= 0.3 is 68.1 Å². The van der Waals surface area contributed by atoms with Crippen LogP contribution in [-0.2, 0) is 108 Å². The highest BCUT2D eigenvalue weighted by atomic mass is 32.3. The maximum absolute atomic E-state index is 12.5. The summed E-state index contributed by atoms with van der Waals surface area (Å²) in [6.45, 7) is -4.66. The molecule has 0 aromatic heterocycles. The summed E-state index contributed by atoms with van der Waals surface area (Å²) in [4.78, 5) is 12.5. The molecule has 42 heteroatoms. The highest BCUT2D eigenvalue weighted by Gasteiger charge is 2.57. The quantitative estimate of drug-likeness (QED) is 0.0354. The third-order valence-corrected chi connectivity index (χ3v) is 11.0. The molecule has 0 amide bonds. The van der Waals surface area contributed by atoms with Crippen molar-refractivity contribution in [3.05, 3.63) is 0 Å². The van der Waals surface area contributed by atoms with E-state index in [4.69, 9.17) is 42.1 Å². The number of hydrogen-bond donors (Lipinski definition) is 14. The first-order valence-corrected chi connectivity index (χ1v) is 24.3. The van der Waals surface area contributed by atoms with E-state index in [2.05, 4.69) is 12.5 Å². The van der Waals surface area contributed by atoms with E-state index in [1.165, 1.54) is 14.2 Å². The number of carboxylic acid groups (broad SMARTS) is 1. The number of hydrogen-bond acceptors (Lipinski definition) is 26. The minimum atomic E-state index is -5.79. The fraction of sp³-hybridized carbons (Fsp3) is 0.950. The molecule has 14 N–H and O–H groups in total. The van der Waals surface area contributed by atoms with Gasteiger partial charge < -0.3 is 54.0 Å². The van der Waals surface area contributed by atoms with Crippen molar-refractivity contribution in [3.63, 3.8) is 0 Å². The fourth-order valence-corrected chi connectivity index (χ4v) is 8.30. The van der Waals surface area contributed by atoms with E-state index in [1.807, 2.05) is 0 Å². The molecule has 62 heavy (non-hydrogen) atoms. The van der Waals surface area contributed by atoms with Gasteiger partial charge in [0.25, 0.3) is 0 Å². The third-order valence-electron chi connectivity index (χ3n) is 7.95. The number of ether oxygens (including phenoxy) is 6. The molecule has 3 fully saturated rings. The van der Waals surface area contributed by atoms with Crippen LogP contribution in [0.1, 0.15) is 0 Å². The summed E-state index contributed by atoms with van der Waals surface area (Å²) in [6, 6.07) is -5.01. The minimum absolute atomic E-state index is 0.800. The molecule has 3 aliphatic heterocycles. The van der Waals surface area contributed by atoms with E-state index >= 15 is 0 Å². The van der Waals surface area contributed by atoms with E-state index in [0.29, 0.717) is 0 Å². The predicted octanol–water partition coefficient (Wildman–Crippen LogP) is -9.78. The number of carboxylic acids is 1. The van der Waals surface area contributed by atoms with Crippen LogP contribution in [0.2, 0.25) is 0 Å². The number of aliphatic carboxylic acids is 1. The van der Waals surface area contributed by atoms with Crippen molar-refractivity contribution in [3.8, 4) is 0 Å². The van der Waals surface area contributed by atoms with Gasteiger partial charge in [0.05, 0.1) is 19.8 Å². The van der Waals surface area contributed by atoms with Crippen LogP contribution >= 0.6 is 0 Å². The molecule has 0 radical (unpaired) electrons. The molecule has 3 saturated heterocycles. The third kappa shape index (κ3) is 17.3. The average molecular weight is 1040 g/mol. The summed E-state index contributed by atoms with van der Waals surface area (Å²) in [6.07, 6.45) is -33.6. The maximum Gasteiger partial charge on any atom is 0.397 e. The maximum atomic E-state index is 12.5. The van der Waals surface area contributed by atoms with Crippen molar-refractivity contribution in [2.75, 3.05) is 26.4 Å². The molecule has 0 saturated carbocycles. The number of aliphatic hydroxyl groups excluding tert-OH is 4. The van der Waals surface area contributed by atoms with Gasteiger partial charge in [0.15, 0.2) is 25.0 Å². The van der Waals surface area contributed by atoms with Gasteiger partial charge in [-0.05, 0) is 0 Å². The molecule has 3 heterocycles. The van der Waals surface area contributed by atoms with Crippen molar-refractivity contribution in [2.45, 2.75) is 92.0 Å². The van der Waals surface area contributed by atoms with E-state index in [1.54, 1.807) is 0 Å². The lowest BCUT2D eigenvalue weighted by Gasteiger charge is -2.48. The smallest absolute Gasteiger partial charge is 0.397 e. The lowest BCUT2D eigenvalue weighted by atomic mass is 9.95. The molecule has 36 nitrogen and oxygen atoms in total. The van der Waals surface area contributed by atoms with E-state index in [9.17, 15) is 94.5 Å². The van der Waals surface area contributed by atoms with Crippen LogP contribution in [0.3, 0.4) is 0 Å². The minimum Gasteiger partial charge on any atom is -0.479 e. The molecule has 0 aliphatic carbocycles. The molecule has 0 aromatic rings. The van der Waals surface area contributed by atoms with Crippen molar-refractivity contribution in [1.82, 2.24) is 14.2 Å². The fourth-order valence-electron chi connectivity index (χ4n) is 5.65. The van der Waals surface area contributed by atoms with Crippen LogP contribution < -0.4 is 14.2 Å². The first kappa shape index (κ1) is 54.6. The van der Waals surface area contributed by atoms with Crippen molar-refractivity contribution >= 4 is 68.1 Å². The van der Waals surface area contributed by atoms with Crippen molar-refractivity contribution < 1.29 is 149 Å². The van der Waals surface area contributed by atoms with E-state index < -0.39 is 186 Å². The van der Waals surface area contributed by atoms with Gasteiger partial charge in [-0.25, -0.2) is 17.3 Å². The average Bonchev–Trinajstić information content (AvgIpc) is 3.07. The summed E-state index contributed by atoms with van der Waals surface area (Å²) in [5, 5.41) is 54.0. The standard InChI is InChI=1S/C20H37N3O33S6/c24-9-5(3-49-60(39,40)41)51-19(8(23-59(36,37)38)14(9)56-62(45,46)47)54-15-11(26)12(27)20(55-16(15)17(28)29)53-13-6(4-50-61(42,43)44)52-18(48-2-1-21-57(30,31)32)7(10(13)25)22-58(33,34)35/h5-16,18-27H,1-4H2,(H,28,29)(H,30,31,32)(H,33,34,35)(H,36,37,38)(H,39,40,41)(H,42,43,44)(H,45,46,47)/t5-,6-,7-,8-,9-,10-,11-,12-,13-,14-,15+,16+,18+,19-,20-/m1/s1. The Kier molecular flexibility index (Phi) is 18.4. The molecule has 0 bridgehead atoms. The molecule has 366 valence electrons. The summed E-state index contributed by atoms with van der Waals surface area (Å²) in [5.74, 6) is -2.23. The Morgan fingerprint density at radius 1 is 0.532 bits per heavy atom. The van der Waals surface area contributed by atoms with E-state index in [-0.39, 0.29) is 0 Å². The lowest BCUT2D eigenvalue weighted by molar-refractivity contribution is -0.361. The van der Waals surface area contributed by atoms with Crippen LogP contribution in [0.15, 0.2) is 0 Å². The second-order valence-corrected chi connectivity index (χ2v) is 19.2. The second-order valence-electron chi connectivity index (χ2n) is 12.4. The van der Waals surface area contributed by atoms with Crippen molar-refractivity contribution in [1.29, 1.82) is 0 Å². The van der Waals surface area contributed by atoms with Crippen LogP contribution in [0.4, 0.5) is 0 Å². The molecular weight excluding hydrogens is 1000 g/mol. The Morgan fingerprint density at radius 3 is 1.52 bits per heavy atom. The highest BCUT2D eigenvalue weighted by Crippen LogP contribution is 2.34. The monoisotopic (exact) mass is 1040 g/mol. The zero-order chi connectivity index (χ0) is 47.6. The largest absolute Gasteiger partial charge is 0.479 e. The topological polar surface area (TPSA) is 564 Å². The first-order valence-electron chi connectivity index (χ1n) is 15.9. The molecular formula is C20H37N3O33S6. The zero-order valence-corrected chi connectivity index (χ0v) is 34.7. The van der Waals surface area contributed by atoms with Gasteiger partial charge in [-0.15, -0.1) is 0 Å². The Morgan fingerprint density at radius 2 is 1.03 bits per heavy atom. The number of carbonyl (C=O) groups is 1. The molecule has 0 aromatic carbocycles. The van der Waals surface area contributed by atoms with Gasteiger partial charge in [-0.3, -0.25) is 27.3 Å². The molecule has 0 spiro atoms. The highest BCUT2D eigenvalue weighted by molar-refractivity contribution is 7.84. The predicted molar refractivity (Wildman–Crippen MR) is 181 cm³/mol. The number of rotatable bonds is 22. The summed E-state index contributed by atoms with van der Waals surface area (Å²) < 4.78 is 241. The second kappa shape index (κ2) is 20.9.